The standard InChI is InChI=1S/C12H18ClNOS/c1-12(2,3)16(15)14-11(9-13)10-7-5-4-6-8-10/h4-8,11,14H,9H2,1-3H3/t11-,16-/m1/s1. The molecule has 1 aromatic rings. The van der Waals surface area contributed by atoms with Crippen molar-refractivity contribution in [2.45, 2.75) is 31.6 Å². The number of nitrogens with one attached hydrogen (secondary N) is 1. The molecule has 0 saturated heterocycles. The van der Waals surface area contributed by atoms with E-state index in [0.717, 1.165) is 5.56 Å². The number of hydrogen-bond donors (Lipinski definition) is 1. The Balaban J connectivity index is 2.75. The molecule has 0 saturated carbocycles. The minimum absolute atomic E-state index is 0.0667. The highest BCUT2D eigenvalue weighted by Crippen LogP contribution is 2.18. The normalized spacial score (nSPS) is 15.8. The van der Waals surface area contributed by atoms with E-state index in [0.29, 0.717) is 5.88 Å². The zero-order chi connectivity index (χ0) is 12.2. The molecule has 1 N–H and O–H groups in total. The highest BCUT2D eigenvalue weighted by molar-refractivity contribution is 7.84. The minimum atomic E-state index is -1.10. The molecule has 0 fully saturated rings. The van der Waals surface area contributed by atoms with Crippen LogP contribution in [-0.2, 0) is 11.0 Å². The summed E-state index contributed by atoms with van der Waals surface area (Å²) in [6.45, 7) is 5.81. The SMILES string of the molecule is CC(C)(C)[S@@](=O)N[C@H](CCl)c1ccccc1. The second kappa shape index (κ2) is 5.80. The number of halogens is 1. The summed E-state index contributed by atoms with van der Waals surface area (Å²) >= 11 is 5.90. The van der Waals surface area contributed by atoms with Crippen molar-refractivity contribution in [1.82, 2.24) is 4.72 Å². The maximum Gasteiger partial charge on any atom is 0.0976 e. The van der Waals surface area contributed by atoms with Crippen molar-refractivity contribution in [3.05, 3.63) is 35.9 Å². The molecule has 0 aliphatic rings. The number of rotatable bonds is 4. The van der Waals surface area contributed by atoms with Crippen LogP contribution in [0.3, 0.4) is 0 Å². The van der Waals surface area contributed by atoms with Gasteiger partial charge in [-0.05, 0) is 26.3 Å². The molecular weight excluding hydrogens is 242 g/mol. The summed E-state index contributed by atoms with van der Waals surface area (Å²) in [6.07, 6.45) is 0. The van der Waals surface area contributed by atoms with Gasteiger partial charge in [0.25, 0.3) is 0 Å². The molecule has 2 nitrogen and oxygen atoms in total. The Hall–Kier alpha value is -0.380. The van der Waals surface area contributed by atoms with Crippen molar-refractivity contribution in [1.29, 1.82) is 0 Å². The summed E-state index contributed by atoms with van der Waals surface area (Å²) in [7, 11) is -1.10. The first-order valence-electron chi connectivity index (χ1n) is 5.24. The lowest BCUT2D eigenvalue weighted by atomic mass is 10.1. The van der Waals surface area contributed by atoms with Crippen molar-refractivity contribution in [2.75, 3.05) is 5.88 Å². The molecule has 0 radical (unpaired) electrons. The van der Waals surface area contributed by atoms with E-state index in [1.165, 1.54) is 0 Å². The smallest absolute Gasteiger partial charge is 0.0976 e. The highest BCUT2D eigenvalue weighted by atomic mass is 35.5. The monoisotopic (exact) mass is 259 g/mol. The van der Waals surface area contributed by atoms with E-state index in [1.807, 2.05) is 51.1 Å². The third kappa shape index (κ3) is 3.89. The lowest BCUT2D eigenvalue weighted by Gasteiger charge is -2.23. The van der Waals surface area contributed by atoms with E-state index in [4.69, 9.17) is 11.6 Å². The number of alkyl halides is 1. The lowest BCUT2D eigenvalue weighted by Crippen LogP contribution is -2.36. The summed E-state index contributed by atoms with van der Waals surface area (Å²) in [5.74, 6) is 0.409. The Morgan fingerprint density at radius 3 is 2.31 bits per heavy atom. The highest BCUT2D eigenvalue weighted by Gasteiger charge is 2.22. The van der Waals surface area contributed by atoms with Crippen LogP contribution in [-0.4, -0.2) is 14.8 Å². The molecule has 4 heteroatoms. The first-order chi connectivity index (χ1) is 7.45. The third-order valence-corrected chi connectivity index (χ3v) is 4.08. The van der Waals surface area contributed by atoms with E-state index in [2.05, 4.69) is 4.72 Å². The van der Waals surface area contributed by atoms with E-state index in [-0.39, 0.29) is 10.8 Å². The van der Waals surface area contributed by atoms with Crippen LogP contribution in [0, 0.1) is 0 Å². The van der Waals surface area contributed by atoms with Gasteiger partial charge < -0.3 is 0 Å². The van der Waals surface area contributed by atoms with Crippen molar-refractivity contribution < 1.29 is 4.21 Å². The van der Waals surface area contributed by atoms with Crippen molar-refractivity contribution in [2.24, 2.45) is 0 Å². The van der Waals surface area contributed by atoms with E-state index in [1.54, 1.807) is 0 Å². The summed E-state index contributed by atoms with van der Waals surface area (Å²) < 4.78 is 14.7. The Labute approximate surface area is 105 Å². The first-order valence-corrected chi connectivity index (χ1v) is 6.92. The largest absolute Gasteiger partial charge is 0.242 e. The Morgan fingerprint density at radius 2 is 1.88 bits per heavy atom. The van der Waals surface area contributed by atoms with Crippen LogP contribution in [0.1, 0.15) is 32.4 Å². The van der Waals surface area contributed by atoms with Gasteiger partial charge in [-0.15, -0.1) is 11.6 Å². The Bertz CT molecular complexity index is 348. The topological polar surface area (TPSA) is 29.1 Å². The Morgan fingerprint density at radius 1 is 1.31 bits per heavy atom. The van der Waals surface area contributed by atoms with E-state index >= 15 is 0 Å². The summed E-state index contributed by atoms with van der Waals surface area (Å²) in [5.41, 5.74) is 1.06. The average molecular weight is 260 g/mol. The predicted molar refractivity (Wildman–Crippen MR) is 70.9 cm³/mol. The molecular formula is C12H18ClNOS. The molecule has 0 spiro atoms. The van der Waals surface area contributed by atoms with Crippen LogP contribution in [0.5, 0.6) is 0 Å². The van der Waals surface area contributed by atoms with E-state index < -0.39 is 11.0 Å². The van der Waals surface area contributed by atoms with Crippen LogP contribution in [0.4, 0.5) is 0 Å². The van der Waals surface area contributed by atoms with Crippen molar-refractivity contribution in [3.63, 3.8) is 0 Å². The maximum atomic E-state index is 11.9. The average Bonchev–Trinajstić information content (AvgIpc) is 2.25. The van der Waals surface area contributed by atoms with Crippen LogP contribution in [0.15, 0.2) is 30.3 Å². The molecule has 0 bridgehead atoms. The summed E-state index contributed by atoms with van der Waals surface area (Å²) in [6, 6.07) is 9.77. The molecule has 90 valence electrons. The quantitative estimate of drug-likeness (QED) is 0.828. The fourth-order valence-corrected chi connectivity index (χ4v) is 2.36. The van der Waals surface area contributed by atoms with Gasteiger partial charge in [0, 0.05) is 5.88 Å². The zero-order valence-corrected chi connectivity index (χ0v) is 11.4. The number of benzene rings is 1. The second-order valence-corrected chi connectivity index (χ2v) is 6.92. The first kappa shape index (κ1) is 13.7. The zero-order valence-electron chi connectivity index (χ0n) is 9.87. The van der Waals surface area contributed by atoms with Gasteiger partial charge in [-0.3, -0.25) is 0 Å². The molecule has 16 heavy (non-hydrogen) atoms. The van der Waals surface area contributed by atoms with Crippen molar-refractivity contribution >= 4 is 22.6 Å². The van der Waals surface area contributed by atoms with Crippen LogP contribution >= 0.6 is 11.6 Å². The van der Waals surface area contributed by atoms with Gasteiger partial charge in [-0.2, -0.15) is 0 Å². The lowest BCUT2D eigenvalue weighted by molar-refractivity contribution is 0.617. The molecule has 0 aliphatic carbocycles. The second-order valence-electron chi connectivity index (χ2n) is 4.62. The fraction of sp³-hybridized carbons (Fsp3) is 0.500. The molecule has 0 unspecified atom stereocenters. The molecule has 2 atom stereocenters. The van der Waals surface area contributed by atoms with Gasteiger partial charge in [-0.1, -0.05) is 30.3 Å². The van der Waals surface area contributed by atoms with Gasteiger partial charge in [0.1, 0.15) is 0 Å². The van der Waals surface area contributed by atoms with Gasteiger partial charge in [-0.25, -0.2) is 8.93 Å². The molecule has 0 amide bonds. The fourth-order valence-electron chi connectivity index (χ4n) is 1.18. The number of hydrogen-bond acceptors (Lipinski definition) is 1. The predicted octanol–water partition coefficient (Wildman–Crippen LogP) is 3.02. The summed E-state index contributed by atoms with van der Waals surface area (Å²) in [4.78, 5) is 0. The molecule has 1 aromatic carbocycles. The van der Waals surface area contributed by atoms with Crippen LogP contribution in [0.25, 0.3) is 0 Å². The van der Waals surface area contributed by atoms with Gasteiger partial charge >= 0.3 is 0 Å². The molecule has 0 heterocycles. The van der Waals surface area contributed by atoms with Crippen LogP contribution < -0.4 is 4.72 Å². The Kier molecular flexibility index (Phi) is 4.96. The summed E-state index contributed by atoms with van der Waals surface area (Å²) in [5, 5.41) is 0. The van der Waals surface area contributed by atoms with Crippen molar-refractivity contribution in [3.8, 4) is 0 Å². The molecule has 0 aromatic heterocycles. The van der Waals surface area contributed by atoms with Gasteiger partial charge in [0.2, 0.25) is 0 Å². The third-order valence-electron chi connectivity index (χ3n) is 2.16. The maximum absolute atomic E-state index is 11.9. The molecule has 1 rings (SSSR count). The minimum Gasteiger partial charge on any atom is -0.242 e. The van der Waals surface area contributed by atoms with Gasteiger partial charge in [0.05, 0.1) is 21.8 Å². The van der Waals surface area contributed by atoms with E-state index in [9.17, 15) is 4.21 Å². The molecule has 0 aliphatic heterocycles. The van der Waals surface area contributed by atoms with Gasteiger partial charge in [0.15, 0.2) is 0 Å². The van der Waals surface area contributed by atoms with Crippen LogP contribution in [0.2, 0.25) is 0 Å².